The monoisotopic (exact) mass is 456 g/mol. The largest absolute Gasteiger partial charge is 0.380 e. The first kappa shape index (κ1) is 25.4. The van der Waals surface area contributed by atoms with Gasteiger partial charge in [0.25, 0.3) is 5.56 Å². The van der Waals surface area contributed by atoms with Crippen molar-refractivity contribution in [2.45, 2.75) is 71.1 Å². The summed E-state index contributed by atoms with van der Waals surface area (Å²) in [5.41, 5.74) is 7.32. The molecule has 3 rings (SSSR count). The number of benzene rings is 1. The van der Waals surface area contributed by atoms with Crippen LogP contribution in [0.3, 0.4) is 0 Å². The van der Waals surface area contributed by atoms with Gasteiger partial charge in [-0.05, 0) is 50.5 Å². The maximum absolute atomic E-state index is 12.9. The number of likely N-dealkylation sites (tertiary alicyclic amines) is 1. The third kappa shape index (κ3) is 7.13. The highest BCUT2D eigenvalue weighted by molar-refractivity contribution is 6.05. The predicted octanol–water partition coefficient (Wildman–Crippen LogP) is 3.27. The van der Waals surface area contributed by atoms with E-state index in [2.05, 4.69) is 17.1 Å². The van der Waals surface area contributed by atoms with Gasteiger partial charge in [0.2, 0.25) is 5.91 Å². The van der Waals surface area contributed by atoms with Crippen molar-refractivity contribution in [3.63, 3.8) is 0 Å². The van der Waals surface area contributed by atoms with E-state index in [-0.39, 0.29) is 11.1 Å². The number of fused-ring (bicyclic) bond motifs is 1. The number of nitrogens with one attached hydrogen (secondary N) is 1. The van der Waals surface area contributed by atoms with Crippen LogP contribution in [0.5, 0.6) is 0 Å². The van der Waals surface area contributed by atoms with Crippen molar-refractivity contribution in [3.8, 4) is 0 Å². The second-order valence-corrected chi connectivity index (χ2v) is 9.18. The lowest BCUT2D eigenvalue weighted by Gasteiger charge is -2.32. The Bertz CT molecular complexity index is 964. The van der Waals surface area contributed by atoms with E-state index in [9.17, 15) is 9.59 Å². The zero-order valence-electron chi connectivity index (χ0n) is 20.3. The lowest BCUT2D eigenvalue weighted by atomic mass is 10.0. The average Bonchev–Trinajstić information content (AvgIpc) is 2.81. The Balaban J connectivity index is 1.58. The molecule has 7 nitrogen and oxygen atoms in total. The van der Waals surface area contributed by atoms with Gasteiger partial charge in [-0.1, -0.05) is 44.7 Å². The molecule has 1 amide bonds. The van der Waals surface area contributed by atoms with Crippen LogP contribution in [-0.2, 0) is 17.9 Å². The minimum Gasteiger partial charge on any atom is -0.380 e. The molecule has 3 N–H and O–H groups in total. The first-order valence-corrected chi connectivity index (χ1v) is 12.4. The van der Waals surface area contributed by atoms with Crippen LogP contribution in [0.25, 0.3) is 10.9 Å². The molecule has 0 radical (unpaired) electrons. The molecule has 7 heteroatoms. The molecule has 2 aromatic rings. The number of aromatic nitrogens is 1. The molecule has 1 saturated heterocycles. The van der Waals surface area contributed by atoms with Gasteiger partial charge in [0.1, 0.15) is 0 Å². The molecule has 1 aromatic carbocycles. The van der Waals surface area contributed by atoms with Crippen molar-refractivity contribution in [3.05, 3.63) is 45.7 Å². The molecule has 0 aliphatic carbocycles. The number of carbonyl (C=O) groups excluding carboxylic acids is 1. The minimum atomic E-state index is -0.580. The van der Waals surface area contributed by atoms with E-state index in [1.54, 1.807) is 11.7 Å². The summed E-state index contributed by atoms with van der Waals surface area (Å²) in [6, 6.07) is 7.68. The maximum Gasteiger partial charge on any atom is 0.251 e. The van der Waals surface area contributed by atoms with Gasteiger partial charge in [-0.3, -0.25) is 9.59 Å². The van der Waals surface area contributed by atoms with E-state index in [0.29, 0.717) is 24.6 Å². The SMILES string of the molecule is CCCCCCCNC1CCN(CCn2c(=O)cc(C(N)=O)c3ccc(COC)cc32)CC1. The van der Waals surface area contributed by atoms with E-state index in [1.165, 1.54) is 38.2 Å². The molecule has 182 valence electrons. The summed E-state index contributed by atoms with van der Waals surface area (Å²) < 4.78 is 7.01. The number of carbonyl (C=O) groups is 1. The molecule has 1 aromatic heterocycles. The molecule has 0 spiro atoms. The van der Waals surface area contributed by atoms with Crippen molar-refractivity contribution in [1.82, 2.24) is 14.8 Å². The molecule has 1 aliphatic heterocycles. The van der Waals surface area contributed by atoms with Crippen molar-refractivity contribution < 1.29 is 9.53 Å². The normalized spacial score (nSPS) is 15.3. The summed E-state index contributed by atoms with van der Waals surface area (Å²) >= 11 is 0. The van der Waals surface area contributed by atoms with Gasteiger partial charge in [-0.2, -0.15) is 0 Å². The van der Waals surface area contributed by atoms with Gasteiger partial charge >= 0.3 is 0 Å². The Morgan fingerprint density at radius 2 is 1.88 bits per heavy atom. The number of primary amides is 1. The maximum atomic E-state index is 12.9. The lowest BCUT2D eigenvalue weighted by Crippen LogP contribution is -2.44. The quantitative estimate of drug-likeness (QED) is 0.452. The third-order valence-electron chi connectivity index (χ3n) is 6.69. The number of ether oxygens (including phenoxy) is 1. The molecule has 33 heavy (non-hydrogen) atoms. The van der Waals surface area contributed by atoms with Gasteiger partial charge in [0, 0.05) is 37.7 Å². The van der Waals surface area contributed by atoms with E-state index < -0.39 is 5.91 Å². The topological polar surface area (TPSA) is 89.6 Å². The Hall–Kier alpha value is -2.22. The Labute approximate surface area is 197 Å². The summed E-state index contributed by atoms with van der Waals surface area (Å²) in [6.45, 7) is 7.28. The number of hydrogen-bond acceptors (Lipinski definition) is 5. The van der Waals surface area contributed by atoms with Crippen LogP contribution >= 0.6 is 0 Å². The van der Waals surface area contributed by atoms with Gasteiger partial charge in [-0.25, -0.2) is 0 Å². The van der Waals surface area contributed by atoms with Crippen LogP contribution in [-0.4, -0.2) is 54.7 Å². The van der Waals surface area contributed by atoms with Gasteiger partial charge in [-0.15, -0.1) is 0 Å². The summed E-state index contributed by atoms with van der Waals surface area (Å²) in [7, 11) is 1.64. The predicted molar refractivity (Wildman–Crippen MR) is 134 cm³/mol. The lowest BCUT2D eigenvalue weighted by molar-refractivity contribution is 0.100. The number of methoxy groups -OCH3 is 1. The number of piperidine rings is 1. The van der Waals surface area contributed by atoms with Crippen molar-refractivity contribution in [1.29, 1.82) is 0 Å². The Kier molecular flexibility index (Phi) is 9.91. The van der Waals surface area contributed by atoms with Crippen LogP contribution in [0.2, 0.25) is 0 Å². The molecule has 2 heterocycles. The number of amides is 1. The van der Waals surface area contributed by atoms with Crippen LogP contribution in [0.15, 0.2) is 29.1 Å². The summed E-state index contributed by atoms with van der Waals surface area (Å²) in [5, 5.41) is 4.44. The molecule has 0 unspecified atom stereocenters. The van der Waals surface area contributed by atoms with E-state index in [1.807, 2.05) is 18.2 Å². The van der Waals surface area contributed by atoms with E-state index in [0.717, 1.165) is 50.1 Å². The van der Waals surface area contributed by atoms with Gasteiger partial charge in [0.05, 0.1) is 17.7 Å². The number of pyridine rings is 1. The fraction of sp³-hybridized carbons (Fsp3) is 0.615. The first-order valence-electron chi connectivity index (χ1n) is 12.4. The number of nitrogens with two attached hydrogens (primary N) is 1. The number of nitrogens with zero attached hydrogens (tertiary/aromatic N) is 2. The summed E-state index contributed by atoms with van der Waals surface area (Å²) in [6.07, 6.45) is 8.85. The molecule has 1 fully saturated rings. The molecule has 0 atom stereocenters. The molecule has 0 saturated carbocycles. The Morgan fingerprint density at radius 1 is 1.12 bits per heavy atom. The number of hydrogen-bond donors (Lipinski definition) is 2. The summed E-state index contributed by atoms with van der Waals surface area (Å²) in [4.78, 5) is 27.2. The van der Waals surface area contributed by atoms with Crippen LogP contribution < -0.4 is 16.6 Å². The Morgan fingerprint density at radius 3 is 2.58 bits per heavy atom. The van der Waals surface area contributed by atoms with Crippen molar-refractivity contribution in [2.75, 3.05) is 33.3 Å². The fourth-order valence-electron chi connectivity index (χ4n) is 4.75. The van der Waals surface area contributed by atoms with Crippen LogP contribution in [0.1, 0.15) is 67.8 Å². The second-order valence-electron chi connectivity index (χ2n) is 9.18. The standard InChI is InChI=1S/C26H40N4O3/c1-3-4-5-6-7-12-28-21-10-13-29(14-11-21)15-16-30-24-17-20(19-33-2)8-9-22(24)23(26(27)32)18-25(30)31/h8-9,17-18,21,28H,3-7,10-16,19H2,1-2H3,(H2,27,32). The smallest absolute Gasteiger partial charge is 0.251 e. The first-order chi connectivity index (χ1) is 16.0. The highest BCUT2D eigenvalue weighted by Crippen LogP contribution is 2.20. The molecule has 1 aliphatic rings. The number of unbranched alkanes of at least 4 members (excludes halogenated alkanes) is 4. The van der Waals surface area contributed by atoms with Crippen LogP contribution in [0, 0.1) is 0 Å². The van der Waals surface area contributed by atoms with Gasteiger partial charge in [0.15, 0.2) is 0 Å². The molecular weight excluding hydrogens is 416 g/mol. The minimum absolute atomic E-state index is 0.189. The van der Waals surface area contributed by atoms with E-state index >= 15 is 0 Å². The molecular formula is C26H40N4O3. The molecule has 0 bridgehead atoms. The van der Waals surface area contributed by atoms with Crippen LogP contribution in [0.4, 0.5) is 0 Å². The highest BCUT2D eigenvalue weighted by Gasteiger charge is 2.19. The zero-order valence-corrected chi connectivity index (χ0v) is 20.3. The number of rotatable bonds is 13. The van der Waals surface area contributed by atoms with Crippen molar-refractivity contribution in [2.24, 2.45) is 5.73 Å². The average molecular weight is 457 g/mol. The summed E-state index contributed by atoms with van der Waals surface area (Å²) in [5.74, 6) is -0.580. The van der Waals surface area contributed by atoms with Crippen molar-refractivity contribution >= 4 is 16.8 Å². The van der Waals surface area contributed by atoms with Gasteiger partial charge < -0.3 is 25.3 Å². The second kappa shape index (κ2) is 12.9. The zero-order chi connectivity index (χ0) is 23.6. The third-order valence-corrected chi connectivity index (χ3v) is 6.69. The fourth-order valence-corrected chi connectivity index (χ4v) is 4.75. The van der Waals surface area contributed by atoms with E-state index in [4.69, 9.17) is 10.5 Å². The highest BCUT2D eigenvalue weighted by atomic mass is 16.5.